The van der Waals surface area contributed by atoms with Gasteiger partial charge in [0, 0.05) is 17.1 Å². The van der Waals surface area contributed by atoms with Crippen LogP contribution in [-0.2, 0) is 11.2 Å². The van der Waals surface area contributed by atoms with Crippen LogP contribution in [0.3, 0.4) is 0 Å². The number of unbranched alkanes of at least 4 members (excludes halogenated alkanes) is 1. The number of aryl methyl sites for hydroxylation is 2. The molecule has 0 atom stereocenters. The first-order valence-electron chi connectivity index (χ1n) is 10.7. The van der Waals surface area contributed by atoms with Crippen LogP contribution in [0.25, 0.3) is 10.9 Å². The van der Waals surface area contributed by atoms with Gasteiger partial charge in [-0.25, -0.2) is 4.79 Å². The monoisotopic (exact) mass is 423 g/mol. The minimum absolute atomic E-state index is 0.0562. The average Bonchev–Trinajstić information content (AvgIpc) is 2.76. The maximum atomic E-state index is 13.0. The highest BCUT2D eigenvalue weighted by Gasteiger charge is 2.19. The summed E-state index contributed by atoms with van der Waals surface area (Å²) in [5.74, 6) is 0.912. The van der Waals surface area contributed by atoms with Gasteiger partial charge in [0.25, 0.3) is 0 Å². The highest BCUT2D eigenvalue weighted by molar-refractivity contribution is 5.95. The number of fused-ring (bicyclic) bond motifs is 1. The number of benzene rings is 2. The molecule has 0 radical (unpaired) electrons. The molecule has 6 nitrogen and oxygen atoms in total. The van der Waals surface area contributed by atoms with E-state index < -0.39 is 5.97 Å². The Morgan fingerprint density at radius 3 is 2.48 bits per heavy atom. The third kappa shape index (κ3) is 5.45. The number of ether oxygens (including phenoxy) is 3. The Labute approximate surface area is 182 Å². The van der Waals surface area contributed by atoms with Gasteiger partial charge in [0.2, 0.25) is 5.43 Å². The van der Waals surface area contributed by atoms with Gasteiger partial charge in [-0.3, -0.25) is 4.79 Å². The first-order valence-corrected chi connectivity index (χ1v) is 10.7. The fourth-order valence-corrected chi connectivity index (χ4v) is 3.46. The molecular formula is C25H29NO5. The minimum atomic E-state index is -0.600. The number of aromatic amines is 1. The fourth-order valence-electron chi connectivity index (χ4n) is 3.46. The van der Waals surface area contributed by atoms with Gasteiger partial charge >= 0.3 is 5.97 Å². The SMILES string of the molecule is CCCCc1cc2c(=O)c(C(=O)OCC)c(C)[nH]c2cc1OCCOc1ccccc1. The van der Waals surface area contributed by atoms with Crippen molar-refractivity contribution in [1.82, 2.24) is 4.98 Å². The molecule has 0 saturated heterocycles. The number of carbonyl (C=O) groups excluding carboxylic acids is 1. The van der Waals surface area contributed by atoms with E-state index in [0.717, 1.165) is 36.3 Å². The summed E-state index contributed by atoms with van der Waals surface area (Å²) in [6.45, 7) is 6.54. The van der Waals surface area contributed by atoms with Crippen molar-refractivity contribution in [3.63, 3.8) is 0 Å². The lowest BCUT2D eigenvalue weighted by Gasteiger charge is -2.15. The van der Waals surface area contributed by atoms with E-state index in [0.29, 0.717) is 29.8 Å². The van der Waals surface area contributed by atoms with Gasteiger partial charge in [-0.05, 0) is 50.5 Å². The van der Waals surface area contributed by atoms with Crippen molar-refractivity contribution in [3.05, 3.63) is 69.5 Å². The van der Waals surface area contributed by atoms with Crippen molar-refractivity contribution >= 4 is 16.9 Å². The Bertz CT molecular complexity index is 1090. The summed E-state index contributed by atoms with van der Waals surface area (Å²) in [6.07, 6.45) is 2.77. The standard InChI is InChI=1S/C25H29NO5/c1-4-6-10-18-15-20-21(26-17(3)23(24(20)27)25(28)29-5-2)16-22(18)31-14-13-30-19-11-8-7-9-12-19/h7-9,11-12,15-16H,4-6,10,13-14H2,1-3H3,(H,26,27). The van der Waals surface area contributed by atoms with Crippen LogP contribution in [0.15, 0.2) is 47.3 Å². The van der Waals surface area contributed by atoms with E-state index in [1.165, 1.54) is 0 Å². The molecule has 0 saturated carbocycles. The zero-order valence-corrected chi connectivity index (χ0v) is 18.3. The van der Waals surface area contributed by atoms with E-state index >= 15 is 0 Å². The highest BCUT2D eigenvalue weighted by atomic mass is 16.5. The summed E-state index contributed by atoms with van der Waals surface area (Å²) in [4.78, 5) is 28.5. The van der Waals surface area contributed by atoms with Gasteiger partial charge in [-0.2, -0.15) is 0 Å². The molecule has 1 heterocycles. The quantitative estimate of drug-likeness (QED) is 0.374. The molecule has 0 amide bonds. The second kappa shape index (κ2) is 10.7. The van der Waals surface area contributed by atoms with Crippen LogP contribution in [0.2, 0.25) is 0 Å². The molecule has 0 fully saturated rings. The van der Waals surface area contributed by atoms with E-state index in [1.54, 1.807) is 13.8 Å². The van der Waals surface area contributed by atoms with E-state index in [2.05, 4.69) is 11.9 Å². The molecule has 0 aliphatic rings. The predicted octanol–water partition coefficient (Wildman–Crippen LogP) is 4.81. The second-order valence-electron chi connectivity index (χ2n) is 7.29. The number of aromatic nitrogens is 1. The van der Waals surface area contributed by atoms with Gasteiger partial charge in [0.1, 0.15) is 30.3 Å². The summed E-state index contributed by atoms with van der Waals surface area (Å²) in [6, 6.07) is 13.3. The molecule has 3 aromatic rings. The van der Waals surface area contributed by atoms with Gasteiger partial charge in [-0.1, -0.05) is 31.5 Å². The number of nitrogens with one attached hydrogen (secondary N) is 1. The summed E-state index contributed by atoms with van der Waals surface area (Å²) in [5.41, 5.74) is 1.80. The molecule has 0 spiro atoms. The lowest BCUT2D eigenvalue weighted by molar-refractivity contribution is 0.0523. The van der Waals surface area contributed by atoms with Crippen LogP contribution in [0, 0.1) is 6.92 Å². The zero-order chi connectivity index (χ0) is 22.2. The topological polar surface area (TPSA) is 77.6 Å². The number of para-hydroxylation sites is 1. The zero-order valence-electron chi connectivity index (χ0n) is 18.3. The molecule has 1 aromatic heterocycles. The van der Waals surface area contributed by atoms with Crippen molar-refractivity contribution in [1.29, 1.82) is 0 Å². The van der Waals surface area contributed by atoms with Gasteiger partial charge < -0.3 is 19.2 Å². The summed E-state index contributed by atoms with van der Waals surface area (Å²) in [7, 11) is 0. The van der Waals surface area contributed by atoms with Gasteiger partial charge in [0.15, 0.2) is 0 Å². The number of H-pyrrole nitrogens is 1. The Morgan fingerprint density at radius 2 is 1.77 bits per heavy atom. The minimum Gasteiger partial charge on any atom is -0.490 e. The molecule has 3 rings (SSSR count). The molecule has 2 aromatic carbocycles. The first kappa shape index (κ1) is 22.4. The number of carbonyl (C=O) groups is 1. The largest absolute Gasteiger partial charge is 0.490 e. The maximum Gasteiger partial charge on any atom is 0.343 e. The van der Waals surface area contributed by atoms with Crippen LogP contribution in [0.1, 0.15) is 48.3 Å². The third-order valence-electron chi connectivity index (χ3n) is 5.00. The Hall–Kier alpha value is -3.28. The Morgan fingerprint density at radius 1 is 1.03 bits per heavy atom. The lowest BCUT2D eigenvalue weighted by Crippen LogP contribution is -2.21. The van der Waals surface area contributed by atoms with Crippen molar-refractivity contribution in [2.24, 2.45) is 0 Å². The number of hydrogen-bond acceptors (Lipinski definition) is 5. The predicted molar refractivity (Wildman–Crippen MR) is 121 cm³/mol. The molecule has 1 N–H and O–H groups in total. The second-order valence-corrected chi connectivity index (χ2v) is 7.29. The summed E-state index contributed by atoms with van der Waals surface area (Å²) in [5, 5.41) is 0.465. The van der Waals surface area contributed by atoms with E-state index in [1.807, 2.05) is 42.5 Å². The van der Waals surface area contributed by atoms with E-state index in [-0.39, 0.29) is 17.6 Å². The smallest absolute Gasteiger partial charge is 0.343 e. The molecule has 6 heteroatoms. The van der Waals surface area contributed by atoms with Gasteiger partial charge in [0.05, 0.1) is 12.1 Å². The van der Waals surface area contributed by atoms with Crippen LogP contribution in [-0.4, -0.2) is 30.8 Å². The van der Waals surface area contributed by atoms with Crippen molar-refractivity contribution < 1.29 is 19.0 Å². The van der Waals surface area contributed by atoms with Crippen LogP contribution in [0.5, 0.6) is 11.5 Å². The molecule has 0 unspecified atom stereocenters. The third-order valence-corrected chi connectivity index (χ3v) is 5.00. The molecular weight excluding hydrogens is 394 g/mol. The van der Waals surface area contributed by atoms with Crippen LogP contribution < -0.4 is 14.9 Å². The molecule has 31 heavy (non-hydrogen) atoms. The highest BCUT2D eigenvalue weighted by Crippen LogP contribution is 2.26. The van der Waals surface area contributed by atoms with Crippen molar-refractivity contribution in [2.45, 2.75) is 40.0 Å². The molecule has 0 aliphatic carbocycles. The van der Waals surface area contributed by atoms with Crippen LogP contribution in [0.4, 0.5) is 0 Å². The Balaban J connectivity index is 1.88. The van der Waals surface area contributed by atoms with Crippen molar-refractivity contribution in [2.75, 3.05) is 19.8 Å². The van der Waals surface area contributed by atoms with Gasteiger partial charge in [-0.15, -0.1) is 0 Å². The van der Waals surface area contributed by atoms with E-state index in [4.69, 9.17) is 14.2 Å². The lowest BCUT2D eigenvalue weighted by atomic mass is 10.0. The molecule has 0 bridgehead atoms. The number of hydrogen-bond donors (Lipinski definition) is 1. The number of rotatable bonds is 10. The Kier molecular flexibility index (Phi) is 7.70. The average molecular weight is 424 g/mol. The van der Waals surface area contributed by atoms with Crippen molar-refractivity contribution in [3.8, 4) is 11.5 Å². The number of pyridine rings is 1. The maximum absolute atomic E-state index is 13.0. The first-order chi connectivity index (χ1) is 15.0. The van der Waals surface area contributed by atoms with Crippen LogP contribution >= 0.6 is 0 Å². The molecule has 164 valence electrons. The normalized spacial score (nSPS) is 10.8. The fraction of sp³-hybridized carbons (Fsp3) is 0.360. The summed E-state index contributed by atoms with van der Waals surface area (Å²) >= 11 is 0. The molecule has 0 aliphatic heterocycles. The summed E-state index contributed by atoms with van der Waals surface area (Å²) < 4.78 is 16.8. The van der Waals surface area contributed by atoms with E-state index in [9.17, 15) is 9.59 Å². The number of esters is 1.